The van der Waals surface area contributed by atoms with Crippen LogP contribution in [0.4, 0.5) is 0 Å². The number of phosphoric ester groups is 2. The molecule has 64 heavy (non-hydrogen) atoms. The van der Waals surface area contributed by atoms with E-state index in [9.17, 15) is 43.8 Å². The second-order valence-electron chi connectivity index (χ2n) is 14.8. The number of allylic oxidation sites excluding steroid dienone is 16. The summed E-state index contributed by atoms with van der Waals surface area (Å²) < 4.78 is 52.9. The number of carbonyl (C=O) groups excluding carboxylic acids is 2. The van der Waals surface area contributed by atoms with Gasteiger partial charge in [0, 0.05) is 12.8 Å². The SMILES string of the molecule is CC/C=C/C=C/C=C\C=C/C=C/CCCCCC(=O)OCC(O)COP(=O)(O)OCC(O)COP(=O)(O)OCC(O)COC(=O)CCCCCC/C=C\C/C=C\C/C=C\CCCCC. The quantitative estimate of drug-likeness (QED) is 0.0126. The molecule has 366 valence electrons. The lowest BCUT2D eigenvalue weighted by Crippen LogP contribution is -2.25. The summed E-state index contributed by atoms with van der Waals surface area (Å²) in [7, 11) is -9.60. The Morgan fingerprint density at radius 2 is 0.781 bits per heavy atom. The second kappa shape index (κ2) is 42.6. The van der Waals surface area contributed by atoms with Crippen LogP contribution in [0.15, 0.2) is 97.2 Å². The van der Waals surface area contributed by atoms with E-state index in [0.29, 0.717) is 12.8 Å². The van der Waals surface area contributed by atoms with Gasteiger partial charge in [0.1, 0.15) is 31.5 Å². The molecular formula is C47H78O15P2. The molecule has 0 aliphatic heterocycles. The lowest BCUT2D eigenvalue weighted by atomic mass is 10.1. The van der Waals surface area contributed by atoms with E-state index in [1.54, 1.807) is 0 Å². The molecule has 0 radical (unpaired) electrons. The normalized spacial score (nSPS) is 16.0. The highest BCUT2D eigenvalue weighted by atomic mass is 31.2. The van der Waals surface area contributed by atoms with Crippen molar-refractivity contribution in [1.82, 2.24) is 0 Å². The maximum absolute atomic E-state index is 12.1. The fourth-order valence-corrected chi connectivity index (χ4v) is 6.71. The summed E-state index contributed by atoms with van der Waals surface area (Å²) >= 11 is 0. The summed E-state index contributed by atoms with van der Waals surface area (Å²) in [5.74, 6) is -1.06. The minimum absolute atomic E-state index is 0.142. The van der Waals surface area contributed by atoms with Gasteiger partial charge in [0.15, 0.2) is 0 Å². The first kappa shape index (κ1) is 61.0. The van der Waals surface area contributed by atoms with Crippen LogP contribution < -0.4 is 0 Å². The minimum Gasteiger partial charge on any atom is -0.463 e. The third kappa shape index (κ3) is 44.2. The average molecular weight is 945 g/mol. The highest BCUT2D eigenvalue weighted by Crippen LogP contribution is 2.45. The number of unbranched alkanes of at least 4 members (excludes halogenated alkanes) is 10. The van der Waals surface area contributed by atoms with Gasteiger partial charge in [-0.1, -0.05) is 143 Å². The molecule has 0 spiro atoms. The fraction of sp³-hybridized carbons (Fsp3) is 0.617. The van der Waals surface area contributed by atoms with E-state index in [-0.39, 0.29) is 12.8 Å². The van der Waals surface area contributed by atoms with Crippen LogP contribution in [-0.2, 0) is 46.3 Å². The van der Waals surface area contributed by atoms with Crippen molar-refractivity contribution in [2.45, 2.75) is 148 Å². The molecular weight excluding hydrogens is 866 g/mol. The zero-order valence-corrected chi connectivity index (χ0v) is 39.9. The Balaban J connectivity index is 4.00. The molecule has 0 aromatic rings. The lowest BCUT2D eigenvalue weighted by Gasteiger charge is -2.19. The summed E-state index contributed by atoms with van der Waals surface area (Å²) in [6.07, 6.45) is 44.0. The molecule has 5 unspecified atom stereocenters. The molecule has 0 amide bonds. The van der Waals surface area contributed by atoms with Gasteiger partial charge >= 0.3 is 27.6 Å². The van der Waals surface area contributed by atoms with Gasteiger partial charge in [-0.25, -0.2) is 9.13 Å². The zero-order valence-electron chi connectivity index (χ0n) is 38.2. The van der Waals surface area contributed by atoms with E-state index in [1.807, 2.05) is 54.7 Å². The molecule has 0 saturated carbocycles. The van der Waals surface area contributed by atoms with Crippen molar-refractivity contribution in [3.63, 3.8) is 0 Å². The summed E-state index contributed by atoms with van der Waals surface area (Å²) in [4.78, 5) is 43.7. The molecule has 0 aliphatic carbocycles. The van der Waals surface area contributed by atoms with Crippen molar-refractivity contribution in [1.29, 1.82) is 0 Å². The predicted molar refractivity (Wildman–Crippen MR) is 251 cm³/mol. The maximum atomic E-state index is 12.1. The van der Waals surface area contributed by atoms with E-state index in [1.165, 1.54) is 19.3 Å². The van der Waals surface area contributed by atoms with E-state index < -0.39 is 85.5 Å². The van der Waals surface area contributed by atoms with Gasteiger partial charge in [-0.2, -0.15) is 0 Å². The number of carbonyl (C=O) groups is 2. The molecule has 0 bridgehead atoms. The maximum Gasteiger partial charge on any atom is 0.472 e. The van der Waals surface area contributed by atoms with Gasteiger partial charge in [-0.05, 0) is 70.6 Å². The van der Waals surface area contributed by atoms with Gasteiger partial charge in [-0.15, -0.1) is 0 Å². The molecule has 0 aliphatic rings. The molecule has 0 heterocycles. The first-order valence-electron chi connectivity index (χ1n) is 22.7. The predicted octanol–water partition coefficient (Wildman–Crippen LogP) is 9.93. The van der Waals surface area contributed by atoms with Gasteiger partial charge < -0.3 is 34.6 Å². The molecule has 5 atom stereocenters. The van der Waals surface area contributed by atoms with E-state index in [4.69, 9.17) is 9.47 Å². The standard InChI is InChI=1S/C47H78O15P2/c1-3-5-7-9-11-13-15-17-19-20-22-24-26-28-30-32-34-36-47(52)58-38-44(49)40-60-64(55,56)62-42-45(50)41-61-63(53,54)59-39-43(48)37-57-46(51)35-33-31-29-27-25-23-21-18-16-14-12-10-8-6-4-2/h6,8,10-14,16-19,21-25,43-45,48-50H,3-5,7,9,15,20,26-42H2,1-2H3,(H,53,54)(H,55,56)/b8-6+,12-10+,13-11-,16-14-,19-17-,21-18-,24-22-,25-23+. The van der Waals surface area contributed by atoms with Crippen LogP contribution in [0.2, 0.25) is 0 Å². The van der Waals surface area contributed by atoms with Gasteiger partial charge in [0.2, 0.25) is 0 Å². The smallest absolute Gasteiger partial charge is 0.463 e. The number of hydrogen-bond acceptors (Lipinski definition) is 13. The van der Waals surface area contributed by atoms with Crippen LogP contribution in [0.1, 0.15) is 129 Å². The number of ether oxygens (including phenoxy) is 2. The summed E-state index contributed by atoms with van der Waals surface area (Å²) in [5, 5.41) is 30.0. The first-order chi connectivity index (χ1) is 30.8. The largest absolute Gasteiger partial charge is 0.472 e. The highest BCUT2D eigenvalue weighted by molar-refractivity contribution is 7.47. The molecule has 0 aromatic heterocycles. The van der Waals surface area contributed by atoms with Crippen molar-refractivity contribution >= 4 is 27.6 Å². The van der Waals surface area contributed by atoms with Gasteiger partial charge in [0.25, 0.3) is 0 Å². The summed E-state index contributed by atoms with van der Waals surface area (Å²) in [6.45, 7) is 0.127. The third-order valence-electron chi connectivity index (χ3n) is 8.65. The molecule has 0 fully saturated rings. The molecule has 17 heteroatoms. The molecule has 5 N–H and O–H groups in total. The monoisotopic (exact) mass is 944 g/mol. The number of aliphatic hydroxyl groups is 3. The minimum atomic E-state index is -4.80. The van der Waals surface area contributed by atoms with E-state index in [2.05, 4.69) is 74.5 Å². The highest BCUT2D eigenvalue weighted by Gasteiger charge is 2.28. The van der Waals surface area contributed by atoms with Crippen molar-refractivity contribution in [3.05, 3.63) is 97.2 Å². The van der Waals surface area contributed by atoms with Crippen LogP contribution in [0, 0.1) is 0 Å². The number of esters is 2. The second-order valence-corrected chi connectivity index (χ2v) is 17.7. The number of hydrogen-bond donors (Lipinski definition) is 5. The van der Waals surface area contributed by atoms with E-state index in [0.717, 1.165) is 70.6 Å². The Labute approximate surface area is 382 Å². The number of phosphoric acid groups is 2. The Bertz CT molecular complexity index is 1520. The van der Waals surface area contributed by atoms with Crippen molar-refractivity contribution in [2.75, 3.05) is 39.6 Å². The fourth-order valence-electron chi connectivity index (χ4n) is 5.12. The topological polar surface area (TPSA) is 225 Å². The Morgan fingerprint density at radius 1 is 0.438 bits per heavy atom. The average Bonchev–Trinajstić information content (AvgIpc) is 3.27. The molecule has 0 saturated heterocycles. The zero-order chi connectivity index (χ0) is 47.4. The van der Waals surface area contributed by atoms with Gasteiger partial charge in [-0.3, -0.25) is 27.7 Å². The van der Waals surface area contributed by atoms with Crippen LogP contribution in [-0.4, -0.2) is 95.0 Å². The lowest BCUT2D eigenvalue weighted by molar-refractivity contribution is -0.148. The van der Waals surface area contributed by atoms with Crippen molar-refractivity contribution < 1.29 is 71.4 Å². The van der Waals surface area contributed by atoms with Crippen molar-refractivity contribution in [2.24, 2.45) is 0 Å². The van der Waals surface area contributed by atoms with Crippen molar-refractivity contribution in [3.8, 4) is 0 Å². The van der Waals surface area contributed by atoms with E-state index >= 15 is 0 Å². The Kier molecular flexibility index (Phi) is 40.6. The molecule has 15 nitrogen and oxygen atoms in total. The third-order valence-corrected chi connectivity index (χ3v) is 10.6. The molecule has 0 rings (SSSR count). The van der Waals surface area contributed by atoms with Crippen LogP contribution in [0.25, 0.3) is 0 Å². The number of rotatable bonds is 42. The van der Waals surface area contributed by atoms with Crippen LogP contribution in [0.5, 0.6) is 0 Å². The van der Waals surface area contributed by atoms with Gasteiger partial charge in [0.05, 0.1) is 26.4 Å². The van der Waals surface area contributed by atoms with Crippen LogP contribution >= 0.6 is 15.6 Å². The number of aliphatic hydroxyl groups excluding tert-OH is 3. The summed E-state index contributed by atoms with van der Waals surface area (Å²) in [5.41, 5.74) is 0. The Hall–Kier alpha value is -3.04. The first-order valence-corrected chi connectivity index (χ1v) is 25.6. The Morgan fingerprint density at radius 3 is 1.22 bits per heavy atom. The molecule has 0 aromatic carbocycles. The summed E-state index contributed by atoms with van der Waals surface area (Å²) in [6, 6.07) is 0. The van der Waals surface area contributed by atoms with Crippen LogP contribution in [0.3, 0.4) is 0 Å².